The highest BCUT2D eigenvalue weighted by Gasteiger charge is 2.13. The average molecular weight is 422 g/mol. The number of hydrogen-bond donors (Lipinski definition) is 1. The molecule has 0 atom stereocenters. The van der Waals surface area contributed by atoms with E-state index < -0.39 is 11.9 Å². The summed E-state index contributed by atoms with van der Waals surface area (Å²) >= 11 is 0. The maximum Gasteiger partial charge on any atom is 0.344 e. The van der Waals surface area contributed by atoms with Gasteiger partial charge in [-0.05, 0) is 68.7 Å². The van der Waals surface area contributed by atoms with E-state index in [9.17, 15) is 14.9 Å². The van der Waals surface area contributed by atoms with E-state index in [2.05, 4.69) is 5.32 Å². The standard InChI is InChI=1S/C24H26N2O5/c1-5-29-22-13-18(10-11-21(22)31-15-23(27)30-6-2)12-19(14-25)24(28)26-20-9-7-8-16(3)17(20)4/h7-13H,5-6,15H2,1-4H3,(H,26,28)/b19-12+. The molecule has 0 bridgehead atoms. The lowest BCUT2D eigenvalue weighted by Crippen LogP contribution is -2.15. The van der Waals surface area contributed by atoms with Crippen LogP contribution in [0.2, 0.25) is 0 Å². The third-order valence-corrected chi connectivity index (χ3v) is 4.45. The Morgan fingerprint density at radius 3 is 2.52 bits per heavy atom. The van der Waals surface area contributed by atoms with Gasteiger partial charge >= 0.3 is 5.97 Å². The number of nitriles is 1. The smallest absolute Gasteiger partial charge is 0.344 e. The Kier molecular flexibility index (Phi) is 8.64. The first-order valence-electron chi connectivity index (χ1n) is 9.94. The number of esters is 1. The van der Waals surface area contributed by atoms with Crippen molar-refractivity contribution >= 4 is 23.6 Å². The maximum absolute atomic E-state index is 12.6. The molecule has 0 heterocycles. The molecule has 2 aromatic carbocycles. The third-order valence-electron chi connectivity index (χ3n) is 4.45. The molecular weight excluding hydrogens is 396 g/mol. The summed E-state index contributed by atoms with van der Waals surface area (Å²) in [5.41, 5.74) is 3.17. The Hall–Kier alpha value is -3.79. The molecule has 0 unspecified atom stereocenters. The Balaban J connectivity index is 2.23. The SMILES string of the molecule is CCOC(=O)COc1ccc(/C=C(\C#N)C(=O)Nc2cccc(C)c2C)cc1OCC. The Morgan fingerprint density at radius 1 is 1.06 bits per heavy atom. The predicted molar refractivity (Wildman–Crippen MR) is 118 cm³/mol. The molecule has 0 aliphatic carbocycles. The molecule has 7 heteroatoms. The number of ether oxygens (including phenoxy) is 3. The van der Waals surface area contributed by atoms with Gasteiger partial charge in [-0.2, -0.15) is 5.26 Å². The molecule has 0 aliphatic heterocycles. The van der Waals surface area contributed by atoms with Crippen molar-refractivity contribution in [3.05, 3.63) is 58.7 Å². The molecule has 0 aromatic heterocycles. The van der Waals surface area contributed by atoms with Gasteiger partial charge in [0.1, 0.15) is 11.6 Å². The fraction of sp³-hybridized carbons (Fsp3) is 0.292. The first-order valence-corrected chi connectivity index (χ1v) is 9.94. The number of nitrogens with one attached hydrogen (secondary N) is 1. The summed E-state index contributed by atoms with van der Waals surface area (Å²) in [6, 6.07) is 12.5. The number of rotatable bonds is 9. The van der Waals surface area contributed by atoms with Crippen molar-refractivity contribution < 1.29 is 23.8 Å². The summed E-state index contributed by atoms with van der Waals surface area (Å²) < 4.78 is 15.9. The normalized spacial score (nSPS) is 10.7. The van der Waals surface area contributed by atoms with Gasteiger partial charge in [-0.25, -0.2) is 4.79 Å². The topological polar surface area (TPSA) is 97.7 Å². The van der Waals surface area contributed by atoms with E-state index in [-0.39, 0.29) is 18.8 Å². The van der Waals surface area contributed by atoms with Crippen LogP contribution in [-0.2, 0) is 14.3 Å². The van der Waals surface area contributed by atoms with Gasteiger partial charge in [0, 0.05) is 5.69 Å². The lowest BCUT2D eigenvalue weighted by atomic mass is 10.1. The van der Waals surface area contributed by atoms with Gasteiger partial charge in [0.25, 0.3) is 5.91 Å². The van der Waals surface area contributed by atoms with Gasteiger partial charge in [0.05, 0.1) is 13.2 Å². The van der Waals surface area contributed by atoms with Crippen molar-refractivity contribution in [2.75, 3.05) is 25.1 Å². The largest absolute Gasteiger partial charge is 0.490 e. The van der Waals surface area contributed by atoms with Gasteiger partial charge in [-0.1, -0.05) is 18.2 Å². The van der Waals surface area contributed by atoms with Crippen LogP contribution in [0.1, 0.15) is 30.5 Å². The number of nitrogens with zero attached hydrogens (tertiary/aromatic N) is 1. The molecular formula is C24H26N2O5. The molecule has 31 heavy (non-hydrogen) atoms. The van der Waals surface area contributed by atoms with Crippen LogP contribution in [0, 0.1) is 25.2 Å². The molecule has 0 aliphatic rings. The lowest BCUT2D eigenvalue weighted by molar-refractivity contribution is -0.145. The number of benzene rings is 2. The van der Waals surface area contributed by atoms with Crippen LogP contribution in [0.25, 0.3) is 6.08 Å². The van der Waals surface area contributed by atoms with E-state index in [0.29, 0.717) is 29.4 Å². The van der Waals surface area contributed by atoms with Crippen LogP contribution < -0.4 is 14.8 Å². The summed E-state index contributed by atoms with van der Waals surface area (Å²) in [6.45, 7) is 7.79. The van der Waals surface area contributed by atoms with Gasteiger partial charge in [-0.3, -0.25) is 4.79 Å². The van der Waals surface area contributed by atoms with Crippen LogP contribution in [0.5, 0.6) is 11.5 Å². The molecule has 0 saturated carbocycles. The highest BCUT2D eigenvalue weighted by Crippen LogP contribution is 2.29. The minimum Gasteiger partial charge on any atom is -0.490 e. The first-order chi connectivity index (χ1) is 14.9. The lowest BCUT2D eigenvalue weighted by Gasteiger charge is -2.12. The van der Waals surface area contributed by atoms with E-state index in [0.717, 1.165) is 11.1 Å². The second-order valence-corrected chi connectivity index (χ2v) is 6.60. The summed E-state index contributed by atoms with van der Waals surface area (Å²) in [5.74, 6) is -0.223. The van der Waals surface area contributed by atoms with Crippen LogP contribution in [0.4, 0.5) is 5.69 Å². The molecule has 0 fully saturated rings. The number of anilines is 1. The Bertz CT molecular complexity index is 1020. The molecule has 2 rings (SSSR count). The van der Waals surface area contributed by atoms with Crippen LogP contribution in [0.15, 0.2) is 42.0 Å². The van der Waals surface area contributed by atoms with E-state index in [1.54, 1.807) is 31.2 Å². The molecule has 1 amide bonds. The minimum atomic E-state index is -0.503. The second-order valence-electron chi connectivity index (χ2n) is 6.60. The van der Waals surface area contributed by atoms with Crippen LogP contribution in [0.3, 0.4) is 0 Å². The van der Waals surface area contributed by atoms with Gasteiger partial charge in [-0.15, -0.1) is 0 Å². The highest BCUT2D eigenvalue weighted by molar-refractivity contribution is 6.10. The quantitative estimate of drug-likeness (QED) is 0.370. The molecule has 162 valence electrons. The summed E-state index contributed by atoms with van der Waals surface area (Å²) in [7, 11) is 0. The molecule has 7 nitrogen and oxygen atoms in total. The van der Waals surface area contributed by atoms with Gasteiger partial charge in [0.2, 0.25) is 0 Å². The maximum atomic E-state index is 12.6. The van der Waals surface area contributed by atoms with E-state index in [1.165, 1.54) is 6.08 Å². The van der Waals surface area contributed by atoms with Crippen molar-refractivity contribution in [3.8, 4) is 17.6 Å². The van der Waals surface area contributed by atoms with Crippen molar-refractivity contribution in [3.63, 3.8) is 0 Å². The summed E-state index contributed by atoms with van der Waals surface area (Å²) in [5, 5.41) is 12.3. The zero-order valence-electron chi connectivity index (χ0n) is 18.2. The fourth-order valence-corrected chi connectivity index (χ4v) is 2.73. The minimum absolute atomic E-state index is 0.0523. The molecule has 2 aromatic rings. The third kappa shape index (κ3) is 6.61. The number of carbonyl (C=O) groups is 2. The average Bonchev–Trinajstić information content (AvgIpc) is 2.75. The number of hydrogen-bond acceptors (Lipinski definition) is 6. The van der Waals surface area contributed by atoms with E-state index in [1.807, 2.05) is 39.0 Å². The van der Waals surface area contributed by atoms with Crippen LogP contribution in [-0.4, -0.2) is 31.7 Å². The molecule has 0 radical (unpaired) electrons. The van der Waals surface area contributed by atoms with Crippen molar-refractivity contribution in [2.24, 2.45) is 0 Å². The summed E-state index contributed by atoms with van der Waals surface area (Å²) in [4.78, 5) is 24.1. The molecule has 0 saturated heterocycles. The molecule has 1 N–H and O–H groups in total. The van der Waals surface area contributed by atoms with Crippen molar-refractivity contribution in [2.45, 2.75) is 27.7 Å². The van der Waals surface area contributed by atoms with E-state index in [4.69, 9.17) is 14.2 Å². The fourth-order valence-electron chi connectivity index (χ4n) is 2.73. The van der Waals surface area contributed by atoms with Crippen molar-refractivity contribution in [1.82, 2.24) is 0 Å². The van der Waals surface area contributed by atoms with Gasteiger partial charge in [0.15, 0.2) is 18.1 Å². The number of amides is 1. The predicted octanol–water partition coefficient (Wildman–Crippen LogP) is 4.19. The zero-order valence-corrected chi connectivity index (χ0v) is 18.2. The van der Waals surface area contributed by atoms with E-state index >= 15 is 0 Å². The highest BCUT2D eigenvalue weighted by atomic mass is 16.6. The first kappa shape index (κ1) is 23.5. The number of aryl methyl sites for hydroxylation is 1. The Morgan fingerprint density at radius 2 is 1.84 bits per heavy atom. The zero-order chi connectivity index (χ0) is 22.8. The van der Waals surface area contributed by atoms with Crippen molar-refractivity contribution in [1.29, 1.82) is 5.26 Å². The number of carbonyl (C=O) groups excluding carboxylic acids is 2. The second kappa shape index (κ2) is 11.4. The van der Waals surface area contributed by atoms with Gasteiger partial charge < -0.3 is 19.5 Å². The Labute approximate surface area is 182 Å². The monoisotopic (exact) mass is 422 g/mol. The van der Waals surface area contributed by atoms with Crippen LogP contribution >= 0.6 is 0 Å². The molecule has 0 spiro atoms. The summed E-state index contributed by atoms with van der Waals surface area (Å²) in [6.07, 6.45) is 1.47.